The Bertz CT molecular complexity index is 826. The van der Waals surface area contributed by atoms with Gasteiger partial charge in [0.15, 0.2) is 6.29 Å². The summed E-state index contributed by atoms with van der Waals surface area (Å²) in [5.41, 5.74) is 4.13. The Morgan fingerprint density at radius 2 is 2.28 bits per heavy atom. The number of H-pyrrole nitrogens is 1. The molecular formula is C20H24N2O3. The average Bonchev–Trinajstić information content (AvgIpc) is 3.01. The Balaban J connectivity index is 1.82. The molecular weight excluding hydrogens is 316 g/mol. The van der Waals surface area contributed by atoms with Crippen LogP contribution in [-0.4, -0.2) is 48.4 Å². The maximum Gasteiger partial charge on any atom is 0.309 e. The van der Waals surface area contributed by atoms with Crippen LogP contribution in [0.25, 0.3) is 10.9 Å². The van der Waals surface area contributed by atoms with E-state index in [1.54, 1.807) is 0 Å². The van der Waals surface area contributed by atoms with Gasteiger partial charge in [0.25, 0.3) is 0 Å². The number of benzene rings is 1. The van der Waals surface area contributed by atoms with Crippen molar-refractivity contribution in [3.05, 3.63) is 35.0 Å². The van der Waals surface area contributed by atoms with Gasteiger partial charge in [-0.15, -0.1) is 0 Å². The van der Waals surface area contributed by atoms with E-state index in [4.69, 9.17) is 4.74 Å². The van der Waals surface area contributed by atoms with Crippen LogP contribution in [0.2, 0.25) is 0 Å². The molecule has 5 nitrogen and oxygen atoms in total. The zero-order valence-corrected chi connectivity index (χ0v) is 14.7. The van der Waals surface area contributed by atoms with Gasteiger partial charge < -0.3 is 9.72 Å². The predicted octanol–water partition coefficient (Wildman–Crippen LogP) is 2.89. The number of esters is 1. The van der Waals surface area contributed by atoms with Gasteiger partial charge >= 0.3 is 5.97 Å². The van der Waals surface area contributed by atoms with Crippen LogP contribution in [0.15, 0.2) is 18.2 Å². The Kier molecular flexibility index (Phi) is 4.12. The number of rotatable bonds is 4. The van der Waals surface area contributed by atoms with Crippen LogP contribution < -0.4 is 0 Å². The predicted molar refractivity (Wildman–Crippen MR) is 95.9 cm³/mol. The second kappa shape index (κ2) is 6.30. The number of ether oxygens (including phenoxy) is 1. The Morgan fingerprint density at radius 1 is 1.44 bits per heavy atom. The topological polar surface area (TPSA) is 62.4 Å². The van der Waals surface area contributed by atoms with Gasteiger partial charge in [-0.1, -0.05) is 19.1 Å². The first-order valence-electron chi connectivity index (χ1n) is 9.08. The molecule has 4 rings (SSSR count). The van der Waals surface area contributed by atoms with Crippen LogP contribution in [0.3, 0.4) is 0 Å². The summed E-state index contributed by atoms with van der Waals surface area (Å²) in [7, 11) is 1.47. The second-order valence-electron chi connectivity index (χ2n) is 7.23. The first-order chi connectivity index (χ1) is 12.2. The third kappa shape index (κ3) is 2.49. The molecule has 1 N–H and O–H groups in total. The van der Waals surface area contributed by atoms with E-state index < -0.39 is 0 Å². The van der Waals surface area contributed by atoms with Crippen LogP contribution in [0.5, 0.6) is 0 Å². The number of fused-ring (bicyclic) bond motifs is 2. The van der Waals surface area contributed by atoms with Crippen molar-refractivity contribution in [1.29, 1.82) is 0 Å². The van der Waals surface area contributed by atoms with Crippen LogP contribution >= 0.6 is 0 Å². The molecule has 0 unspecified atom stereocenters. The highest BCUT2D eigenvalue weighted by atomic mass is 16.5. The number of hydrogen-bond donors (Lipinski definition) is 1. The Labute approximate surface area is 147 Å². The molecule has 1 saturated heterocycles. The van der Waals surface area contributed by atoms with Crippen LogP contribution in [0.1, 0.15) is 47.3 Å². The number of nitrogens with one attached hydrogen (secondary N) is 1. The quantitative estimate of drug-likeness (QED) is 0.687. The molecule has 0 radical (unpaired) electrons. The summed E-state index contributed by atoms with van der Waals surface area (Å²) in [6, 6.07) is 6.57. The molecule has 3 atom stereocenters. The zero-order valence-electron chi connectivity index (χ0n) is 14.7. The summed E-state index contributed by atoms with van der Waals surface area (Å²) in [5.74, 6) is 0.107. The van der Waals surface area contributed by atoms with Gasteiger partial charge in [0.2, 0.25) is 0 Å². The van der Waals surface area contributed by atoms with E-state index in [0.29, 0.717) is 17.7 Å². The fourth-order valence-corrected chi connectivity index (χ4v) is 4.90. The molecule has 5 heteroatoms. The molecule has 2 heterocycles. The van der Waals surface area contributed by atoms with E-state index >= 15 is 0 Å². The molecule has 1 aromatic carbocycles. The molecule has 1 aliphatic heterocycles. The number of nitrogens with zero attached hydrogens (tertiary/aromatic N) is 1. The maximum absolute atomic E-state index is 12.2. The lowest BCUT2D eigenvalue weighted by Gasteiger charge is -2.46. The van der Waals surface area contributed by atoms with E-state index in [2.05, 4.69) is 22.9 Å². The van der Waals surface area contributed by atoms with Gasteiger partial charge in [0, 0.05) is 29.4 Å². The smallest absolute Gasteiger partial charge is 0.309 e. The van der Waals surface area contributed by atoms with Crippen LogP contribution in [0, 0.1) is 5.92 Å². The number of carbonyl (C=O) groups excluding carboxylic acids is 2. The summed E-state index contributed by atoms with van der Waals surface area (Å²) in [6.45, 7) is 3.87. The molecule has 0 bridgehead atoms. The minimum absolute atomic E-state index is 0.0842. The first-order valence-corrected chi connectivity index (χ1v) is 9.08. The minimum Gasteiger partial charge on any atom is -0.469 e. The number of aromatic amines is 1. The van der Waals surface area contributed by atoms with Crippen LogP contribution in [0.4, 0.5) is 0 Å². The number of carbonyl (C=O) groups is 2. The fraction of sp³-hybridized carbons (Fsp3) is 0.500. The number of likely N-dealkylation sites (tertiary alicyclic amines) is 1. The normalized spacial score (nSPS) is 25.6. The SMILES string of the molecule is CCCN1C[C@H](C(=O)OC)C[C@@H]2c3cccc4[nH]c(C=O)c(c34)C[C@H]21. The molecule has 2 aliphatic rings. The molecule has 2 aromatic rings. The van der Waals surface area contributed by atoms with E-state index in [1.165, 1.54) is 18.1 Å². The van der Waals surface area contributed by atoms with Gasteiger partial charge in [-0.2, -0.15) is 0 Å². The standard InChI is InChI=1S/C20H24N2O3/c1-3-7-22-10-12(20(24)25-2)8-14-13-5-4-6-16-19(13)15(9-18(14)22)17(11-23)21-16/h4-6,11-12,14,18,21H,3,7-10H2,1-2H3/t12-,14-,18-/m1/s1. The summed E-state index contributed by atoms with van der Waals surface area (Å²) in [6.07, 6.45) is 3.66. The van der Waals surface area contributed by atoms with Gasteiger partial charge in [0.1, 0.15) is 0 Å². The lowest BCUT2D eigenvalue weighted by Crippen LogP contribution is -2.51. The average molecular weight is 340 g/mol. The molecule has 0 saturated carbocycles. The van der Waals surface area contributed by atoms with Crippen molar-refractivity contribution in [2.45, 2.75) is 38.1 Å². The minimum atomic E-state index is -0.111. The maximum atomic E-state index is 12.2. The number of aldehydes is 1. The second-order valence-corrected chi connectivity index (χ2v) is 7.23. The zero-order chi connectivity index (χ0) is 17.6. The highest BCUT2D eigenvalue weighted by Gasteiger charge is 2.43. The van der Waals surface area contributed by atoms with Gasteiger partial charge in [0.05, 0.1) is 18.7 Å². The lowest BCUT2D eigenvalue weighted by atomic mass is 9.72. The summed E-state index contributed by atoms with van der Waals surface area (Å²) in [5, 5.41) is 1.19. The van der Waals surface area contributed by atoms with E-state index in [9.17, 15) is 9.59 Å². The summed E-state index contributed by atoms with van der Waals surface area (Å²) < 4.78 is 5.04. The molecule has 1 aliphatic carbocycles. The van der Waals surface area contributed by atoms with Crippen molar-refractivity contribution >= 4 is 23.2 Å². The van der Waals surface area contributed by atoms with Gasteiger partial charge in [-0.05, 0) is 43.0 Å². The number of methoxy groups -OCH3 is 1. The van der Waals surface area contributed by atoms with E-state index in [1.807, 2.05) is 12.1 Å². The van der Waals surface area contributed by atoms with Crippen molar-refractivity contribution in [3.8, 4) is 0 Å². The summed E-state index contributed by atoms with van der Waals surface area (Å²) in [4.78, 5) is 29.5. The fourth-order valence-electron chi connectivity index (χ4n) is 4.90. The molecule has 0 spiro atoms. The van der Waals surface area contributed by atoms with Crippen molar-refractivity contribution in [1.82, 2.24) is 9.88 Å². The Morgan fingerprint density at radius 3 is 3.00 bits per heavy atom. The van der Waals surface area contributed by atoms with Crippen molar-refractivity contribution in [2.75, 3.05) is 20.2 Å². The summed E-state index contributed by atoms with van der Waals surface area (Å²) >= 11 is 0. The third-order valence-corrected chi connectivity index (χ3v) is 5.90. The number of aromatic nitrogens is 1. The van der Waals surface area contributed by atoms with Crippen molar-refractivity contribution in [3.63, 3.8) is 0 Å². The molecule has 132 valence electrons. The molecule has 1 aromatic heterocycles. The highest BCUT2D eigenvalue weighted by Crippen LogP contribution is 2.45. The van der Waals surface area contributed by atoms with E-state index in [0.717, 1.165) is 49.7 Å². The van der Waals surface area contributed by atoms with Crippen molar-refractivity contribution in [2.24, 2.45) is 5.92 Å². The first kappa shape index (κ1) is 16.3. The van der Waals surface area contributed by atoms with Gasteiger partial charge in [-0.25, -0.2) is 0 Å². The number of hydrogen-bond acceptors (Lipinski definition) is 4. The lowest BCUT2D eigenvalue weighted by molar-refractivity contribution is -0.148. The van der Waals surface area contributed by atoms with Crippen LogP contribution in [-0.2, 0) is 16.0 Å². The van der Waals surface area contributed by atoms with Crippen molar-refractivity contribution < 1.29 is 14.3 Å². The third-order valence-electron chi connectivity index (χ3n) is 5.90. The Hall–Kier alpha value is -2.14. The number of piperidine rings is 1. The van der Waals surface area contributed by atoms with Gasteiger partial charge in [-0.3, -0.25) is 14.5 Å². The molecule has 25 heavy (non-hydrogen) atoms. The van der Waals surface area contributed by atoms with E-state index in [-0.39, 0.29) is 11.9 Å². The monoisotopic (exact) mass is 340 g/mol. The molecule has 0 amide bonds. The highest BCUT2D eigenvalue weighted by molar-refractivity contribution is 5.95. The largest absolute Gasteiger partial charge is 0.469 e. The molecule has 1 fully saturated rings.